The van der Waals surface area contributed by atoms with Crippen molar-refractivity contribution in [2.75, 3.05) is 44.9 Å². The molecule has 0 unspecified atom stereocenters. The molecule has 19 heavy (non-hydrogen) atoms. The van der Waals surface area contributed by atoms with E-state index in [2.05, 4.69) is 35.8 Å². The first-order valence-electron chi connectivity index (χ1n) is 6.75. The Morgan fingerprint density at radius 1 is 1.37 bits per heavy atom. The average molecular weight is 264 g/mol. The molecular weight excluding hydrogens is 240 g/mol. The second kappa shape index (κ2) is 5.65. The molecule has 106 valence electrons. The van der Waals surface area contributed by atoms with Crippen LogP contribution in [-0.2, 0) is 0 Å². The summed E-state index contributed by atoms with van der Waals surface area (Å²) in [7, 11) is 5.90. The third-order valence-corrected chi connectivity index (χ3v) is 3.87. The second-order valence-electron chi connectivity index (χ2n) is 5.41. The van der Waals surface area contributed by atoms with Crippen LogP contribution in [0.25, 0.3) is 0 Å². The van der Waals surface area contributed by atoms with Crippen LogP contribution in [0.4, 0.5) is 11.5 Å². The third-order valence-electron chi connectivity index (χ3n) is 3.87. The van der Waals surface area contributed by atoms with Gasteiger partial charge in [0.05, 0.1) is 12.8 Å². The maximum atomic E-state index is 5.88. The van der Waals surface area contributed by atoms with E-state index in [1.54, 1.807) is 7.11 Å². The van der Waals surface area contributed by atoms with Crippen LogP contribution in [-0.4, -0.2) is 50.2 Å². The number of nitrogens with zero attached hydrogens (tertiary/aromatic N) is 3. The number of piperidine rings is 1. The number of anilines is 2. The summed E-state index contributed by atoms with van der Waals surface area (Å²) >= 11 is 0. The molecule has 0 aromatic carbocycles. The Bertz CT molecular complexity index is 439. The van der Waals surface area contributed by atoms with Crippen LogP contribution in [0.15, 0.2) is 6.07 Å². The topological polar surface area (TPSA) is 54.6 Å². The smallest absolute Gasteiger partial charge is 0.238 e. The summed E-state index contributed by atoms with van der Waals surface area (Å²) in [5.74, 6) is 1.53. The quantitative estimate of drug-likeness (QED) is 0.897. The molecule has 2 N–H and O–H groups in total. The molecule has 0 radical (unpaired) electrons. The fourth-order valence-corrected chi connectivity index (χ4v) is 2.69. The van der Waals surface area contributed by atoms with Crippen molar-refractivity contribution < 1.29 is 4.74 Å². The zero-order chi connectivity index (χ0) is 14.0. The predicted molar refractivity (Wildman–Crippen MR) is 78.9 cm³/mol. The SMILES string of the molecule is COc1nc(N2CCC(N(C)C)CC2)c(C)cc1N. The average Bonchev–Trinajstić information content (AvgIpc) is 2.39. The molecule has 1 aliphatic rings. The third kappa shape index (κ3) is 2.92. The van der Waals surface area contributed by atoms with Crippen LogP contribution in [0.2, 0.25) is 0 Å². The number of hydrogen-bond donors (Lipinski definition) is 1. The number of ether oxygens (including phenoxy) is 1. The van der Waals surface area contributed by atoms with Crippen molar-refractivity contribution in [3.63, 3.8) is 0 Å². The largest absolute Gasteiger partial charge is 0.479 e. The van der Waals surface area contributed by atoms with Gasteiger partial charge in [0.1, 0.15) is 5.82 Å². The lowest BCUT2D eigenvalue weighted by Crippen LogP contribution is -2.42. The van der Waals surface area contributed by atoms with Gasteiger partial charge in [0, 0.05) is 19.1 Å². The monoisotopic (exact) mass is 264 g/mol. The Labute approximate surface area is 115 Å². The maximum absolute atomic E-state index is 5.88. The molecule has 0 aliphatic carbocycles. The van der Waals surface area contributed by atoms with Crippen LogP contribution < -0.4 is 15.4 Å². The molecular formula is C14H24N4O. The van der Waals surface area contributed by atoms with E-state index in [4.69, 9.17) is 10.5 Å². The highest BCUT2D eigenvalue weighted by Gasteiger charge is 2.23. The molecule has 5 heteroatoms. The molecule has 5 nitrogen and oxygen atoms in total. The van der Waals surface area contributed by atoms with Crippen molar-refractivity contribution in [1.82, 2.24) is 9.88 Å². The Morgan fingerprint density at radius 2 is 2.00 bits per heavy atom. The fraction of sp³-hybridized carbons (Fsp3) is 0.643. The number of hydrogen-bond acceptors (Lipinski definition) is 5. The number of rotatable bonds is 3. The second-order valence-corrected chi connectivity index (χ2v) is 5.41. The first kappa shape index (κ1) is 13.9. The highest BCUT2D eigenvalue weighted by molar-refractivity contribution is 5.59. The fourth-order valence-electron chi connectivity index (χ4n) is 2.69. The minimum atomic E-state index is 0.523. The molecule has 2 rings (SSSR count). The van der Waals surface area contributed by atoms with E-state index < -0.39 is 0 Å². The lowest BCUT2D eigenvalue weighted by Gasteiger charge is -2.36. The highest BCUT2D eigenvalue weighted by Crippen LogP contribution is 2.29. The van der Waals surface area contributed by atoms with Gasteiger partial charge in [0.25, 0.3) is 0 Å². The Morgan fingerprint density at radius 3 is 2.53 bits per heavy atom. The van der Waals surface area contributed by atoms with Crippen LogP contribution in [0.3, 0.4) is 0 Å². The van der Waals surface area contributed by atoms with E-state index >= 15 is 0 Å². The summed E-state index contributed by atoms with van der Waals surface area (Å²) in [5.41, 5.74) is 7.60. The Hall–Kier alpha value is -1.49. The molecule has 0 bridgehead atoms. The van der Waals surface area contributed by atoms with Crippen molar-refractivity contribution in [2.45, 2.75) is 25.8 Å². The van der Waals surface area contributed by atoms with Crippen molar-refractivity contribution in [3.05, 3.63) is 11.6 Å². The predicted octanol–water partition coefficient (Wildman–Crippen LogP) is 1.51. The zero-order valence-electron chi connectivity index (χ0n) is 12.3. The molecule has 0 spiro atoms. The first-order chi connectivity index (χ1) is 9.02. The molecule has 1 aromatic heterocycles. The van der Waals surface area contributed by atoms with E-state index in [9.17, 15) is 0 Å². The van der Waals surface area contributed by atoms with Gasteiger partial charge in [-0.1, -0.05) is 0 Å². The normalized spacial score (nSPS) is 17.0. The zero-order valence-corrected chi connectivity index (χ0v) is 12.3. The summed E-state index contributed by atoms with van der Waals surface area (Å²) in [6, 6.07) is 2.62. The molecule has 1 aliphatic heterocycles. The number of methoxy groups -OCH3 is 1. The summed E-state index contributed by atoms with van der Waals surface area (Å²) < 4.78 is 5.22. The van der Waals surface area contributed by atoms with Gasteiger partial charge < -0.3 is 20.3 Å². The summed E-state index contributed by atoms with van der Waals surface area (Å²) in [6.45, 7) is 4.11. The van der Waals surface area contributed by atoms with Gasteiger partial charge in [-0.15, -0.1) is 0 Å². The Balaban J connectivity index is 2.15. The van der Waals surface area contributed by atoms with E-state index in [0.717, 1.165) is 24.5 Å². The number of aromatic nitrogens is 1. The van der Waals surface area contributed by atoms with Crippen molar-refractivity contribution >= 4 is 11.5 Å². The van der Waals surface area contributed by atoms with Gasteiger partial charge >= 0.3 is 0 Å². The van der Waals surface area contributed by atoms with Gasteiger partial charge in [0.2, 0.25) is 5.88 Å². The van der Waals surface area contributed by atoms with E-state index in [1.165, 1.54) is 12.8 Å². The van der Waals surface area contributed by atoms with E-state index in [-0.39, 0.29) is 0 Å². The van der Waals surface area contributed by atoms with E-state index in [1.807, 2.05) is 6.07 Å². The molecule has 1 saturated heterocycles. The minimum absolute atomic E-state index is 0.523. The van der Waals surface area contributed by atoms with Crippen LogP contribution in [0, 0.1) is 6.92 Å². The summed E-state index contributed by atoms with van der Waals surface area (Å²) in [4.78, 5) is 9.19. The Kier molecular flexibility index (Phi) is 4.14. The minimum Gasteiger partial charge on any atom is -0.479 e. The van der Waals surface area contributed by atoms with Crippen molar-refractivity contribution in [3.8, 4) is 5.88 Å². The molecule has 1 aromatic rings. The lowest BCUT2D eigenvalue weighted by molar-refractivity contribution is 0.249. The molecule has 0 atom stereocenters. The number of pyridine rings is 1. The summed E-state index contributed by atoms with van der Waals surface area (Å²) in [5, 5.41) is 0. The number of aryl methyl sites for hydroxylation is 1. The highest BCUT2D eigenvalue weighted by atomic mass is 16.5. The van der Waals surface area contributed by atoms with E-state index in [0.29, 0.717) is 17.6 Å². The summed E-state index contributed by atoms with van der Waals surface area (Å²) in [6.07, 6.45) is 2.33. The maximum Gasteiger partial charge on any atom is 0.238 e. The van der Waals surface area contributed by atoms with Crippen molar-refractivity contribution in [1.29, 1.82) is 0 Å². The van der Waals surface area contributed by atoms with Gasteiger partial charge in [-0.3, -0.25) is 0 Å². The van der Waals surface area contributed by atoms with Crippen LogP contribution in [0.1, 0.15) is 18.4 Å². The standard InChI is InChI=1S/C14H24N4O/c1-10-9-12(15)14(19-4)16-13(10)18-7-5-11(6-8-18)17(2)3/h9,11H,5-8,15H2,1-4H3. The van der Waals surface area contributed by atoms with Gasteiger partial charge in [0.15, 0.2) is 0 Å². The molecule has 0 amide bonds. The van der Waals surface area contributed by atoms with Crippen LogP contribution >= 0.6 is 0 Å². The molecule has 0 saturated carbocycles. The van der Waals surface area contributed by atoms with Gasteiger partial charge in [-0.25, -0.2) is 0 Å². The molecule has 2 heterocycles. The van der Waals surface area contributed by atoms with Gasteiger partial charge in [-0.2, -0.15) is 4.98 Å². The number of nitrogen functional groups attached to an aromatic ring is 1. The molecule has 1 fully saturated rings. The first-order valence-corrected chi connectivity index (χ1v) is 6.75. The number of nitrogens with two attached hydrogens (primary N) is 1. The van der Waals surface area contributed by atoms with Gasteiger partial charge in [-0.05, 0) is 45.5 Å². The van der Waals surface area contributed by atoms with Crippen molar-refractivity contribution in [2.24, 2.45) is 0 Å². The lowest BCUT2D eigenvalue weighted by atomic mass is 10.0. The van der Waals surface area contributed by atoms with Crippen LogP contribution in [0.5, 0.6) is 5.88 Å².